The quantitative estimate of drug-likeness (QED) is 0.297. The summed E-state index contributed by atoms with van der Waals surface area (Å²) in [5, 5.41) is 12.1. The van der Waals surface area contributed by atoms with Gasteiger partial charge in [0.2, 0.25) is 0 Å². The summed E-state index contributed by atoms with van der Waals surface area (Å²) in [5.41, 5.74) is 5.57. The molecule has 0 spiro atoms. The number of anilines is 6. The van der Waals surface area contributed by atoms with Crippen LogP contribution in [0.1, 0.15) is 16.7 Å². The lowest BCUT2D eigenvalue weighted by Crippen LogP contribution is -2.19. The monoisotopic (exact) mass is 439 g/mol. The van der Waals surface area contributed by atoms with Gasteiger partial charge in [0.25, 0.3) is 0 Å². The third-order valence-corrected chi connectivity index (χ3v) is 4.88. The lowest BCUT2D eigenvalue weighted by molar-refractivity contribution is 0.262. The zero-order valence-corrected chi connectivity index (χ0v) is 18.7. The van der Waals surface area contributed by atoms with Crippen LogP contribution in [0.3, 0.4) is 0 Å². The Balaban J connectivity index is 1.36. The molecule has 2 heterocycles. The minimum atomic E-state index is -0.293. The van der Waals surface area contributed by atoms with Gasteiger partial charge in [-0.2, -0.15) is 0 Å². The first-order valence-corrected chi connectivity index (χ1v) is 10.5. The van der Waals surface area contributed by atoms with E-state index in [1.165, 1.54) is 6.33 Å². The highest BCUT2D eigenvalue weighted by Crippen LogP contribution is 2.21. The maximum absolute atomic E-state index is 12.3. The van der Waals surface area contributed by atoms with Crippen LogP contribution in [0.15, 0.2) is 73.2 Å². The molecule has 0 saturated carbocycles. The SMILES string of the molecule is Cc1ccnc(Nc2cc(Nc3ccc(NC(=O)Nc4ccc(C)cc4C)cc3)ncn2)c1. The second kappa shape index (κ2) is 9.78. The standard InChI is InChI=1S/C25H25N7O/c1-16-4-9-21(18(3)12-16)31-25(33)30-20-7-5-19(6-8-20)29-23-14-24(28-15-27-23)32-22-13-17(2)10-11-26-22/h4-15H,1-3H3,(H2,30,31,33)(H2,26,27,28,29,32). The summed E-state index contributed by atoms with van der Waals surface area (Å²) in [6.45, 7) is 5.99. The molecule has 2 amide bonds. The largest absolute Gasteiger partial charge is 0.340 e. The first-order valence-electron chi connectivity index (χ1n) is 10.5. The zero-order chi connectivity index (χ0) is 23.2. The number of carbonyl (C=O) groups excluding carboxylic acids is 1. The van der Waals surface area contributed by atoms with Crippen molar-refractivity contribution in [1.82, 2.24) is 15.0 Å². The van der Waals surface area contributed by atoms with Gasteiger partial charge >= 0.3 is 6.03 Å². The number of rotatable bonds is 6. The van der Waals surface area contributed by atoms with Crippen LogP contribution in [-0.2, 0) is 0 Å². The fourth-order valence-corrected chi connectivity index (χ4v) is 3.25. The summed E-state index contributed by atoms with van der Waals surface area (Å²) >= 11 is 0. The Morgan fingerprint density at radius 1 is 0.667 bits per heavy atom. The van der Waals surface area contributed by atoms with Gasteiger partial charge in [0, 0.05) is 29.3 Å². The highest BCUT2D eigenvalue weighted by atomic mass is 16.2. The first kappa shape index (κ1) is 21.8. The van der Waals surface area contributed by atoms with Crippen molar-refractivity contribution in [3.05, 3.63) is 89.9 Å². The highest BCUT2D eigenvalue weighted by molar-refractivity contribution is 6.00. The molecular formula is C25H25N7O. The number of hydrogen-bond acceptors (Lipinski definition) is 6. The molecule has 2 aromatic heterocycles. The topological polar surface area (TPSA) is 104 Å². The number of nitrogens with zero attached hydrogens (tertiary/aromatic N) is 3. The summed E-state index contributed by atoms with van der Waals surface area (Å²) < 4.78 is 0. The molecule has 0 unspecified atom stereocenters. The molecule has 0 bridgehead atoms. The lowest BCUT2D eigenvalue weighted by Gasteiger charge is -2.12. The van der Waals surface area contributed by atoms with E-state index in [9.17, 15) is 4.79 Å². The average Bonchev–Trinajstić information content (AvgIpc) is 2.77. The number of carbonyl (C=O) groups is 1. The molecule has 0 radical (unpaired) electrons. The van der Waals surface area contributed by atoms with Crippen LogP contribution in [0.25, 0.3) is 0 Å². The van der Waals surface area contributed by atoms with E-state index < -0.39 is 0 Å². The van der Waals surface area contributed by atoms with Gasteiger partial charge in [0.15, 0.2) is 0 Å². The Morgan fingerprint density at radius 3 is 2.06 bits per heavy atom. The Hall–Kier alpha value is -4.46. The number of amides is 2. The van der Waals surface area contributed by atoms with Gasteiger partial charge in [0.05, 0.1) is 0 Å². The Bertz CT molecular complexity index is 1270. The number of aryl methyl sites for hydroxylation is 3. The molecule has 0 saturated heterocycles. The summed E-state index contributed by atoms with van der Waals surface area (Å²) in [7, 11) is 0. The van der Waals surface area contributed by atoms with Crippen LogP contribution >= 0.6 is 0 Å². The fraction of sp³-hybridized carbons (Fsp3) is 0.120. The smallest absolute Gasteiger partial charge is 0.323 e. The minimum Gasteiger partial charge on any atom is -0.340 e. The highest BCUT2D eigenvalue weighted by Gasteiger charge is 2.06. The van der Waals surface area contributed by atoms with E-state index >= 15 is 0 Å². The molecule has 8 nitrogen and oxygen atoms in total. The van der Waals surface area contributed by atoms with Gasteiger partial charge in [-0.15, -0.1) is 0 Å². The maximum Gasteiger partial charge on any atom is 0.323 e. The van der Waals surface area contributed by atoms with E-state index in [4.69, 9.17) is 0 Å². The molecule has 0 atom stereocenters. The molecule has 4 aromatic rings. The van der Waals surface area contributed by atoms with Crippen molar-refractivity contribution in [3.8, 4) is 0 Å². The molecule has 0 aliphatic carbocycles. The minimum absolute atomic E-state index is 0.293. The molecule has 2 aromatic carbocycles. The third kappa shape index (κ3) is 6.04. The number of benzene rings is 2. The van der Waals surface area contributed by atoms with E-state index in [-0.39, 0.29) is 6.03 Å². The first-order chi connectivity index (χ1) is 15.9. The molecule has 4 N–H and O–H groups in total. The third-order valence-electron chi connectivity index (χ3n) is 4.88. The van der Waals surface area contributed by atoms with Crippen LogP contribution in [0.5, 0.6) is 0 Å². The molecular weight excluding hydrogens is 414 g/mol. The van der Waals surface area contributed by atoms with E-state index in [1.807, 2.05) is 75.4 Å². The second-order valence-electron chi connectivity index (χ2n) is 7.73. The molecule has 33 heavy (non-hydrogen) atoms. The van der Waals surface area contributed by atoms with Gasteiger partial charge in [-0.05, 0) is 74.4 Å². The molecule has 0 aliphatic heterocycles. The fourth-order valence-electron chi connectivity index (χ4n) is 3.25. The predicted octanol–water partition coefficient (Wildman–Crippen LogP) is 5.93. The van der Waals surface area contributed by atoms with E-state index in [0.717, 1.165) is 28.1 Å². The van der Waals surface area contributed by atoms with Crippen molar-refractivity contribution in [2.75, 3.05) is 21.3 Å². The number of pyridine rings is 1. The molecule has 4 rings (SSSR count). The number of urea groups is 1. The normalized spacial score (nSPS) is 10.4. The Kier molecular flexibility index (Phi) is 6.45. The van der Waals surface area contributed by atoms with Crippen molar-refractivity contribution >= 4 is 40.5 Å². The van der Waals surface area contributed by atoms with Crippen molar-refractivity contribution in [2.24, 2.45) is 0 Å². The van der Waals surface area contributed by atoms with Crippen molar-refractivity contribution in [3.63, 3.8) is 0 Å². The van der Waals surface area contributed by atoms with Gasteiger partial charge in [-0.3, -0.25) is 0 Å². The van der Waals surface area contributed by atoms with E-state index in [2.05, 4.69) is 36.2 Å². The van der Waals surface area contributed by atoms with Crippen LogP contribution in [0.4, 0.5) is 39.3 Å². The van der Waals surface area contributed by atoms with Gasteiger partial charge in [-0.25, -0.2) is 19.7 Å². The van der Waals surface area contributed by atoms with E-state index in [1.54, 1.807) is 12.3 Å². The molecule has 0 fully saturated rings. The summed E-state index contributed by atoms with van der Waals surface area (Å²) in [4.78, 5) is 25.1. The number of aromatic nitrogens is 3. The molecule has 0 aliphatic rings. The Labute approximate surface area is 192 Å². The van der Waals surface area contributed by atoms with Crippen LogP contribution in [0, 0.1) is 20.8 Å². The second-order valence-corrected chi connectivity index (χ2v) is 7.73. The van der Waals surface area contributed by atoms with Crippen LogP contribution in [-0.4, -0.2) is 21.0 Å². The van der Waals surface area contributed by atoms with Crippen molar-refractivity contribution in [1.29, 1.82) is 0 Å². The van der Waals surface area contributed by atoms with Crippen LogP contribution in [0.2, 0.25) is 0 Å². The van der Waals surface area contributed by atoms with Crippen LogP contribution < -0.4 is 21.3 Å². The molecule has 166 valence electrons. The number of hydrogen-bond donors (Lipinski definition) is 4. The van der Waals surface area contributed by atoms with E-state index in [0.29, 0.717) is 23.1 Å². The maximum atomic E-state index is 12.3. The summed E-state index contributed by atoms with van der Waals surface area (Å²) in [6.07, 6.45) is 3.23. The Morgan fingerprint density at radius 2 is 1.33 bits per heavy atom. The average molecular weight is 440 g/mol. The van der Waals surface area contributed by atoms with Gasteiger partial charge < -0.3 is 21.3 Å². The molecule has 8 heteroatoms. The summed E-state index contributed by atoms with van der Waals surface area (Å²) in [5.74, 6) is 1.98. The lowest BCUT2D eigenvalue weighted by atomic mass is 10.1. The van der Waals surface area contributed by atoms with Gasteiger partial charge in [-0.1, -0.05) is 17.7 Å². The van der Waals surface area contributed by atoms with Gasteiger partial charge in [0.1, 0.15) is 23.8 Å². The predicted molar refractivity (Wildman–Crippen MR) is 133 cm³/mol. The zero-order valence-electron chi connectivity index (χ0n) is 18.7. The summed E-state index contributed by atoms with van der Waals surface area (Å²) in [6, 6.07) is 18.6. The number of nitrogens with one attached hydrogen (secondary N) is 4. The van der Waals surface area contributed by atoms with Crippen molar-refractivity contribution in [2.45, 2.75) is 20.8 Å². The van der Waals surface area contributed by atoms with Crippen molar-refractivity contribution < 1.29 is 4.79 Å².